The van der Waals surface area contributed by atoms with Crippen LogP contribution in [0.4, 0.5) is 0 Å². The highest BCUT2D eigenvalue weighted by Crippen LogP contribution is 2.40. The van der Waals surface area contributed by atoms with E-state index in [1.807, 2.05) is 18.2 Å². The molecule has 0 saturated carbocycles. The van der Waals surface area contributed by atoms with Crippen molar-refractivity contribution in [1.29, 1.82) is 0 Å². The highest BCUT2D eigenvalue weighted by molar-refractivity contribution is 6.28. The van der Waals surface area contributed by atoms with Crippen LogP contribution in [0.3, 0.4) is 0 Å². The second kappa shape index (κ2) is 13.7. The van der Waals surface area contributed by atoms with Crippen molar-refractivity contribution in [3.63, 3.8) is 0 Å². The quantitative estimate of drug-likeness (QED) is 0.195. The maximum atomic E-state index is 3.68. The summed E-state index contributed by atoms with van der Waals surface area (Å²) in [5.74, 6) is 0. The fourth-order valence-corrected chi connectivity index (χ4v) is 7.67. The molecular formula is C49H39N3. The van der Waals surface area contributed by atoms with Crippen LogP contribution in [0.15, 0.2) is 188 Å². The Morgan fingerprint density at radius 3 is 1.73 bits per heavy atom. The summed E-state index contributed by atoms with van der Waals surface area (Å²) in [6.45, 7) is 2.78. The first-order valence-corrected chi connectivity index (χ1v) is 18.0. The minimum absolute atomic E-state index is 0.0799. The van der Waals surface area contributed by atoms with Gasteiger partial charge in [-0.05, 0) is 87.1 Å². The Morgan fingerprint density at radius 1 is 0.500 bits per heavy atom. The van der Waals surface area contributed by atoms with E-state index in [1.54, 1.807) is 0 Å². The summed E-state index contributed by atoms with van der Waals surface area (Å²) in [4.78, 5) is 0. The van der Waals surface area contributed by atoms with Gasteiger partial charge in [0, 0.05) is 22.2 Å². The summed E-state index contributed by atoms with van der Waals surface area (Å²) < 4.78 is 2.45. The molecule has 1 aliphatic heterocycles. The number of aromatic nitrogens is 1. The number of nitrogens with zero attached hydrogens (tertiary/aromatic N) is 1. The molecule has 2 N–H and O–H groups in total. The predicted octanol–water partition coefficient (Wildman–Crippen LogP) is 12.0. The van der Waals surface area contributed by atoms with Gasteiger partial charge in [-0.25, -0.2) is 0 Å². The van der Waals surface area contributed by atoms with Crippen molar-refractivity contribution in [1.82, 2.24) is 15.2 Å². The molecule has 0 fully saturated rings. The first kappa shape index (κ1) is 31.6. The molecular weight excluding hydrogens is 631 g/mol. The third kappa shape index (κ3) is 5.91. The molecule has 10 rings (SSSR count). The lowest BCUT2D eigenvalue weighted by atomic mass is 9.98. The normalized spacial score (nSPS) is 14.2. The average Bonchev–Trinajstić information content (AvgIpc) is 3.57. The Morgan fingerprint density at radius 2 is 1.08 bits per heavy atom. The van der Waals surface area contributed by atoms with Gasteiger partial charge in [0.25, 0.3) is 0 Å². The highest BCUT2D eigenvalue weighted by atomic mass is 15.1. The van der Waals surface area contributed by atoms with Crippen molar-refractivity contribution in [2.45, 2.75) is 13.0 Å². The number of aryl methyl sites for hydroxylation is 1. The zero-order chi connectivity index (χ0) is 34.9. The Bertz CT molecular complexity index is 2630. The molecule has 1 unspecified atom stereocenters. The molecule has 250 valence electrons. The van der Waals surface area contributed by atoms with E-state index in [0.717, 1.165) is 5.70 Å². The van der Waals surface area contributed by atoms with E-state index >= 15 is 0 Å². The van der Waals surface area contributed by atoms with Crippen molar-refractivity contribution < 1.29 is 0 Å². The Kier molecular flexibility index (Phi) is 8.32. The molecule has 1 aliphatic rings. The zero-order valence-electron chi connectivity index (χ0n) is 29.1. The van der Waals surface area contributed by atoms with Gasteiger partial charge in [-0.3, -0.25) is 5.32 Å². The summed E-state index contributed by atoms with van der Waals surface area (Å²) in [6.07, 6.45) is 2.32. The topological polar surface area (TPSA) is 29.0 Å². The number of hydrogen-bond acceptors (Lipinski definition) is 2. The third-order valence-corrected chi connectivity index (χ3v) is 10.2. The van der Waals surface area contributed by atoms with Crippen LogP contribution in [0.1, 0.15) is 22.7 Å². The lowest BCUT2D eigenvalue weighted by Crippen LogP contribution is -2.35. The smallest absolute Gasteiger partial charge is 0.0660 e. The van der Waals surface area contributed by atoms with E-state index < -0.39 is 0 Å². The van der Waals surface area contributed by atoms with Crippen LogP contribution < -0.4 is 10.6 Å². The van der Waals surface area contributed by atoms with Crippen LogP contribution in [-0.2, 0) is 0 Å². The van der Waals surface area contributed by atoms with Gasteiger partial charge >= 0.3 is 0 Å². The zero-order valence-corrected chi connectivity index (χ0v) is 29.1. The Balaban J connectivity index is 0.000000464. The van der Waals surface area contributed by atoms with E-state index in [0.29, 0.717) is 6.67 Å². The molecule has 0 spiro atoms. The van der Waals surface area contributed by atoms with E-state index in [-0.39, 0.29) is 6.04 Å². The van der Waals surface area contributed by atoms with E-state index in [9.17, 15) is 0 Å². The van der Waals surface area contributed by atoms with Crippen molar-refractivity contribution in [3.05, 3.63) is 205 Å². The molecule has 0 amide bonds. The molecule has 2 heterocycles. The lowest BCUT2D eigenvalue weighted by molar-refractivity contribution is 0.574. The van der Waals surface area contributed by atoms with Gasteiger partial charge in [0.1, 0.15) is 0 Å². The number of hydrogen-bond donors (Lipinski definition) is 2. The van der Waals surface area contributed by atoms with Crippen molar-refractivity contribution in [2.75, 3.05) is 6.67 Å². The number of nitrogens with one attached hydrogen (secondary N) is 2. The van der Waals surface area contributed by atoms with E-state index in [4.69, 9.17) is 0 Å². The summed E-state index contributed by atoms with van der Waals surface area (Å²) in [5.41, 5.74) is 11.0. The molecule has 0 aliphatic carbocycles. The maximum Gasteiger partial charge on any atom is 0.0660 e. The SMILES string of the molecule is C1=C(c2cccc(-c3ccccc3)c2)NCNC1c1cccc(-n2c3ccc4ccccc4c3c3c4ccccc4ccc32)c1.Cc1ccccc1. The molecule has 0 bridgehead atoms. The molecule has 9 aromatic rings. The van der Waals surface area contributed by atoms with Crippen LogP contribution in [-0.4, -0.2) is 11.2 Å². The summed E-state index contributed by atoms with van der Waals surface area (Å²) in [7, 11) is 0. The predicted molar refractivity (Wildman–Crippen MR) is 221 cm³/mol. The first-order chi connectivity index (χ1) is 25.7. The highest BCUT2D eigenvalue weighted by Gasteiger charge is 2.20. The minimum atomic E-state index is 0.0799. The fraction of sp³-hybridized carbons (Fsp3) is 0.0612. The molecule has 0 saturated heterocycles. The van der Waals surface area contributed by atoms with Crippen LogP contribution in [0.2, 0.25) is 0 Å². The molecule has 1 atom stereocenters. The van der Waals surface area contributed by atoms with Gasteiger partial charge in [-0.15, -0.1) is 0 Å². The maximum absolute atomic E-state index is 3.68. The van der Waals surface area contributed by atoms with E-state index in [2.05, 4.69) is 192 Å². The molecule has 3 nitrogen and oxygen atoms in total. The molecule has 1 aromatic heterocycles. The van der Waals surface area contributed by atoms with Crippen molar-refractivity contribution >= 4 is 49.0 Å². The third-order valence-electron chi connectivity index (χ3n) is 10.2. The average molecular weight is 670 g/mol. The second-order valence-electron chi connectivity index (χ2n) is 13.5. The van der Waals surface area contributed by atoms with Gasteiger partial charge in [0.05, 0.1) is 23.7 Å². The summed E-state index contributed by atoms with van der Waals surface area (Å²) in [6, 6.07) is 65.3. The largest absolute Gasteiger partial charge is 0.372 e. The fourth-order valence-electron chi connectivity index (χ4n) is 7.67. The Labute approximate surface area is 304 Å². The molecule has 0 radical (unpaired) electrons. The number of benzene rings is 8. The Hall–Kier alpha value is -6.42. The van der Waals surface area contributed by atoms with Gasteiger partial charge in [-0.2, -0.15) is 0 Å². The summed E-state index contributed by atoms with van der Waals surface area (Å²) >= 11 is 0. The minimum Gasteiger partial charge on any atom is -0.372 e. The first-order valence-electron chi connectivity index (χ1n) is 18.0. The lowest BCUT2D eigenvalue weighted by Gasteiger charge is -2.26. The van der Waals surface area contributed by atoms with Crippen molar-refractivity contribution in [2.24, 2.45) is 0 Å². The van der Waals surface area contributed by atoms with Crippen LogP contribution in [0.25, 0.3) is 65.9 Å². The summed E-state index contributed by atoms with van der Waals surface area (Å²) in [5, 5.41) is 15.0. The van der Waals surface area contributed by atoms with Gasteiger partial charge in [0.15, 0.2) is 0 Å². The molecule has 52 heavy (non-hydrogen) atoms. The molecule has 3 heteroatoms. The molecule has 8 aromatic carbocycles. The van der Waals surface area contributed by atoms with Gasteiger partial charge in [-0.1, -0.05) is 157 Å². The standard InChI is InChI=1S/C42H31N3.C7H8/c1-2-10-28(11-3-1)31-14-8-15-32(24-31)37-26-38(44-27-43-37)33-16-9-17-34(25-33)45-39-22-20-29-12-4-6-18-35(29)41(39)42-36-19-7-5-13-30(36)21-23-40(42)45;1-7-5-3-2-4-6-7/h1-26,38,43-44H,27H2;2-6H,1H3. The number of fused-ring (bicyclic) bond motifs is 7. The van der Waals surface area contributed by atoms with Crippen LogP contribution >= 0.6 is 0 Å². The van der Waals surface area contributed by atoms with Gasteiger partial charge < -0.3 is 9.88 Å². The monoisotopic (exact) mass is 669 g/mol. The van der Waals surface area contributed by atoms with Crippen LogP contribution in [0, 0.1) is 6.92 Å². The number of rotatable bonds is 4. The van der Waals surface area contributed by atoms with Gasteiger partial charge in [0.2, 0.25) is 0 Å². The van der Waals surface area contributed by atoms with Crippen LogP contribution in [0.5, 0.6) is 0 Å². The second-order valence-corrected chi connectivity index (χ2v) is 13.5. The van der Waals surface area contributed by atoms with E-state index in [1.165, 1.54) is 76.9 Å². The van der Waals surface area contributed by atoms with Crippen molar-refractivity contribution in [3.8, 4) is 16.8 Å².